The summed E-state index contributed by atoms with van der Waals surface area (Å²) in [6.45, 7) is 5.61. The van der Waals surface area contributed by atoms with Gasteiger partial charge < -0.3 is 0 Å². The highest BCUT2D eigenvalue weighted by molar-refractivity contribution is 6.30. The van der Waals surface area contributed by atoms with Crippen LogP contribution in [0.5, 0.6) is 0 Å². The van der Waals surface area contributed by atoms with Gasteiger partial charge in [-0.1, -0.05) is 17.7 Å². The second kappa shape index (κ2) is 5.29. The first-order chi connectivity index (χ1) is 9.29. The molecule has 0 spiro atoms. The molecule has 20 heavy (non-hydrogen) atoms. The third-order valence-corrected chi connectivity index (χ3v) is 3.13. The van der Waals surface area contributed by atoms with Crippen LogP contribution in [0.3, 0.4) is 0 Å². The van der Waals surface area contributed by atoms with Gasteiger partial charge in [-0.2, -0.15) is 0 Å². The molecule has 106 valence electrons. The fourth-order valence-electron chi connectivity index (χ4n) is 1.66. The van der Waals surface area contributed by atoms with Crippen LogP contribution in [-0.2, 0) is 4.79 Å². The molecule has 4 nitrogen and oxygen atoms in total. The largest absolute Gasteiger partial charge is 0.269 e. The van der Waals surface area contributed by atoms with E-state index in [4.69, 9.17) is 11.6 Å². The molecule has 2 amide bonds. The molecule has 1 aliphatic rings. The average molecular weight is 293 g/mol. The summed E-state index contributed by atoms with van der Waals surface area (Å²) in [6, 6.07) is 6.53. The maximum absolute atomic E-state index is 12.2. The van der Waals surface area contributed by atoms with Crippen LogP contribution in [-0.4, -0.2) is 22.4 Å². The second-order valence-electron chi connectivity index (χ2n) is 5.69. The molecule has 0 heterocycles. The fraction of sp³-hybridized carbons (Fsp3) is 0.333. The third kappa shape index (κ3) is 3.39. The van der Waals surface area contributed by atoms with Crippen LogP contribution in [0, 0.1) is 0 Å². The lowest BCUT2D eigenvalue weighted by Gasteiger charge is -2.35. The predicted molar refractivity (Wildman–Crippen MR) is 78.2 cm³/mol. The summed E-state index contributed by atoms with van der Waals surface area (Å²) in [5.41, 5.74) is 3.37. The molecule has 1 aliphatic carbocycles. The zero-order chi connectivity index (χ0) is 14.9. The Hall–Kier alpha value is -1.81. The SMILES string of the molecule is CC(C)(C)N(NC(=O)c1ccc(Cl)cc1)C(=O)C1=CC1. The lowest BCUT2D eigenvalue weighted by molar-refractivity contribution is -0.134. The minimum absolute atomic E-state index is 0.153. The van der Waals surface area contributed by atoms with Gasteiger partial charge >= 0.3 is 0 Å². The molecule has 1 N–H and O–H groups in total. The molecule has 0 fully saturated rings. The van der Waals surface area contributed by atoms with E-state index < -0.39 is 5.54 Å². The van der Waals surface area contributed by atoms with E-state index in [2.05, 4.69) is 5.43 Å². The summed E-state index contributed by atoms with van der Waals surface area (Å²) in [6.07, 6.45) is 2.54. The molecule has 0 atom stereocenters. The molecule has 0 radical (unpaired) electrons. The zero-order valence-electron chi connectivity index (χ0n) is 11.7. The van der Waals surface area contributed by atoms with E-state index in [1.807, 2.05) is 26.8 Å². The van der Waals surface area contributed by atoms with E-state index in [1.54, 1.807) is 24.3 Å². The summed E-state index contributed by atoms with van der Waals surface area (Å²) in [5.74, 6) is -0.481. The Morgan fingerprint density at radius 2 is 1.75 bits per heavy atom. The van der Waals surface area contributed by atoms with E-state index >= 15 is 0 Å². The number of carbonyl (C=O) groups is 2. The molecule has 5 heteroatoms. The Bertz CT molecular complexity index is 571. The van der Waals surface area contributed by atoms with Crippen molar-refractivity contribution < 1.29 is 9.59 Å². The molecule has 0 saturated heterocycles. The molecule has 1 aromatic rings. The van der Waals surface area contributed by atoms with Crippen molar-refractivity contribution in [3.8, 4) is 0 Å². The minimum Gasteiger partial charge on any atom is -0.268 e. The van der Waals surface area contributed by atoms with Gasteiger partial charge in [-0.15, -0.1) is 0 Å². The summed E-state index contributed by atoms with van der Waals surface area (Å²) in [4.78, 5) is 24.4. The van der Waals surface area contributed by atoms with Crippen LogP contribution in [0.1, 0.15) is 37.6 Å². The number of hydrogen-bond acceptors (Lipinski definition) is 2. The van der Waals surface area contributed by atoms with Crippen LogP contribution in [0.15, 0.2) is 35.9 Å². The van der Waals surface area contributed by atoms with Gasteiger partial charge in [0.25, 0.3) is 11.8 Å². The molecule has 0 unspecified atom stereocenters. The van der Waals surface area contributed by atoms with Gasteiger partial charge in [0.1, 0.15) is 0 Å². The van der Waals surface area contributed by atoms with Crippen LogP contribution < -0.4 is 5.43 Å². The Morgan fingerprint density at radius 3 is 2.20 bits per heavy atom. The number of benzene rings is 1. The number of amides is 2. The lowest BCUT2D eigenvalue weighted by Crippen LogP contribution is -2.55. The quantitative estimate of drug-likeness (QED) is 0.852. The number of nitrogens with zero attached hydrogens (tertiary/aromatic N) is 1. The Kier molecular flexibility index (Phi) is 3.86. The Balaban J connectivity index is 2.15. The van der Waals surface area contributed by atoms with Gasteiger partial charge in [-0.05, 0) is 51.5 Å². The zero-order valence-corrected chi connectivity index (χ0v) is 12.5. The predicted octanol–water partition coefficient (Wildman–Crippen LogP) is 2.94. The Morgan fingerprint density at radius 1 is 1.20 bits per heavy atom. The smallest absolute Gasteiger partial charge is 0.268 e. The highest BCUT2D eigenvalue weighted by Crippen LogP contribution is 2.24. The molecular weight excluding hydrogens is 276 g/mol. The van der Waals surface area contributed by atoms with Gasteiger partial charge in [-0.3, -0.25) is 15.0 Å². The van der Waals surface area contributed by atoms with Crippen LogP contribution in [0.25, 0.3) is 0 Å². The summed E-state index contributed by atoms with van der Waals surface area (Å²) in [7, 11) is 0. The van der Waals surface area contributed by atoms with Crippen molar-refractivity contribution in [1.29, 1.82) is 0 Å². The third-order valence-electron chi connectivity index (χ3n) is 2.88. The molecule has 0 aromatic heterocycles. The lowest BCUT2D eigenvalue weighted by atomic mass is 10.1. The van der Waals surface area contributed by atoms with Crippen molar-refractivity contribution in [2.24, 2.45) is 0 Å². The summed E-state index contributed by atoms with van der Waals surface area (Å²) < 4.78 is 0. The van der Waals surface area contributed by atoms with Gasteiger partial charge in [0.05, 0.1) is 5.54 Å². The normalized spacial score (nSPS) is 13.5. The van der Waals surface area contributed by atoms with Crippen molar-refractivity contribution in [2.75, 3.05) is 0 Å². The van der Waals surface area contributed by atoms with E-state index in [0.29, 0.717) is 17.0 Å². The van der Waals surface area contributed by atoms with Crippen LogP contribution >= 0.6 is 11.6 Å². The first kappa shape index (κ1) is 14.6. The maximum Gasteiger partial charge on any atom is 0.269 e. The van der Waals surface area contributed by atoms with Gasteiger partial charge in [-0.25, -0.2) is 5.01 Å². The first-order valence-electron chi connectivity index (χ1n) is 6.39. The average Bonchev–Trinajstić information content (AvgIpc) is 3.18. The highest BCUT2D eigenvalue weighted by atomic mass is 35.5. The number of rotatable bonds is 2. The minimum atomic E-state index is -0.497. The van der Waals surface area contributed by atoms with Gasteiger partial charge in [0.2, 0.25) is 0 Å². The second-order valence-corrected chi connectivity index (χ2v) is 6.13. The van der Waals surface area contributed by atoms with Gasteiger partial charge in [0, 0.05) is 16.2 Å². The molecule has 2 rings (SSSR count). The molecule has 0 bridgehead atoms. The Labute approximate surface area is 123 Å². The van der Waals surface area contributed by atoms with E-state index in [0.717, 1.165) is 5.57 Å². The number of hydrogen-bond donors (Lipinski definition) is 1. The van der Waals surface area contributed by atoms with Crippen molar-refractivity contribution >= 4 is 23.4 Å². The van der Waals surface area contributed by atoms with Crippen molar-refractivity contribution in [3.05, 3.63) is 46.5 Å². The van der Waals surface area contributed by atoms with E-state index in [-0.39, 0.29) is 11.8 Å². The summed E-state index contributed by atoms with van der Waals surface area (Å²) in [5, 5.41) is 1.94. The van der Waals surface area contributed by atoms with Crippen LogP contribution in [0.2, 0.25) is 5.02 Å². The number of nitrogens with one attached hydrogen (secondary N) is 1. The van der Waals surface area contributed by atoms with E-state index in [1.165, 1.54) is 5.01 Å². The first-order valence-corrected chi connectivity index (χ1v) is 6.77. The molecule has 0 aliphatic heterocycles. The highest BCUT2D eigenvalue weighted by Gasteiger charge is 2.32. The van der Waals surface area contributed by atoms with Crippen molar-refractivity contribution in [2.45, 2.75) is 32.7 Å². The topological polar surface area (TPSA) is 49.4 Å². The van der Waals surface area contributed by atoms with E-state index in [9.17, 15) is 9.59 Å². The number of hydrazine groups is 1. The standard InChI is InChI=1S/C15H17ClN2O2/c1-15(2,3)18(14(20)11-4-5-11)17-13(19)10-6-8-12(16)9-7-10/h4,6-9H,5H2,1-3H3,(H,17,19). The molecular formula is C15H17ClN2O2. The number of halogens is 1. The summed E-state index contributed by atoms with van der Waals surface area (Å²) >= 11 is 5.79. The number of allylic oxidation sites excluding steroid dienone is 1. The monoisotopic (exact) mass is 292 g/mol. The van der Waals surface area contributed by atoms with Gasteiger partial charge in [0.15, 0.2) is 0 Å². The molecule has 1 aromatic carbocycles. The molecule has 0 saturated carbocycles. The maximum atomic E-state index is 12.2. The van der Waals surface area contributed by atoms with Crippen LogP contribution in [0.4, 0.5) is 0 Å². The fourth-order valence-corrected chi connectivity index (χ4v) is 1.79. The van der Waals surface area contributed by atoms with Crippen molar-refractivity contribution in [1.82, 2.24) is 10.4 Å². The number of carbonyl (C=O) groups excluding carboxylic acids is 2. The van der Waals surface area contributed by atoms with Crippen molar-refractivity contribution in [3.63, 3.8) is 0 Å².